The molecule has 0 fully saturated rings. The van der Waals surface area contributed by atoms with Gasteiger partial charge >= 0.3 is 5.97 Å². The number of pyridine rings is 1. The van der Waals surface area contributed by atoms with Gasteiger partial charge in [0.2, 0.25) is 0 Å². The lowest BCUT2D eigenvalue weighted by atomic mass is 10.1. The predicted octanol–water partition coefficient (Wildman–Crippen LogP) is 0.707. The van der Waals surface area contributed by atoms with Crippen LogP contribution in [0.15, 0.2) is 23.1 Å². The maximum atomic E-state index is 11.6. The van der Waals surface area contributed by atoms with Crippen LogP contribution in [-0.4, -0.2) is 26.4 Å². The van der Waals surface area contributed by atoms with Gasteiger partial charge in [0, 0.05) is 12.7 Å². The average Bonchev–Trinajstić information content (AvgIpc) is 2.14. The summed E-state index contributed by atoms with van der Waals surface area (Å²) in [4.78, 5) is 22.3. The standard InChI is InChI=1S/C11H15NO4/c1-11(2,16)5-7-12-6-3-4-8(9(12)13)10(14)15/h3-4,6,16H,5,7H2,1-2H3,(H,14,15). The molecule has 0 bridgehead atoms. The van der Waals surface area contributed by atoms with Crippen molar-refractivity contribution in [3.63, 3.8) is 0 Å². The fourth-order valence-electron chi connectivity index (χ4n) is 1.27. The molecule has 0 saturated heterocycles. The highest BCUT2D eigenvalue weighted by Gasteiger charge is 2.14. The first-order valence-corrected chi connectivity index (χ1v) is 4.96. The second kappa shape index (κ2) is 4.49. The number of carboxylic acid groups (broad SMARTS) is 1. The average molecular weight is 225 g/mol. The summed E-state index contributed by atoms with van der Waals surface area (Å²) in [5.74, 6) is -1.23. The van der Waals surface area contributed by atoms with Crippen LogP contribution >= 0.6 is 0 Å². The minimum atomic E-state index is -1.23. The third-order valence-corrected chi connectivity index (χ3v) is 2.22. The Bertz CT molecular complexity index is 442. The van der Waals surface area contributed by atoms with E-state index in [2.05, 4.69) is 0 Å². The van der Waals surface area contributed by atoms with Crippen LogP contribution in [0.3, 0.4) is 0 Å². The van der Waals surface area contributed by atoms with Crippen LogP contribution in [0.2, 0.25) is 0 Å². The Morgan fingerprint density at radius 1 is 1.50 bits per heavy atom. The third kappa shape index (κ3) is 3.20. The molecule has 0 aliphatic carbocycles. The van der Waals surface area contributed by atoms with Crippen molar-refractivity contribution in [3.05, 3.63) is 34.2 Å². The van der Waals surface area contributed by atoms with E-state index in [1.807, 2.05) is 0 Å². The maximum Gasteiger partial charge on any atom is 0.341 e. The monoisotopic (exact) mass is 225 g/mol. The molecule has 5 nitrogen and oxygen atoms in total. The van der Waals surface area contributed by atoms with Gasteiger partial charge in [-0.3, -0.25) is 4.79 Å². The first-order valence-electron chi connectivity index (χ1n) is 4.96. The van der Waals surface area contributed by atoms with Gasteiger partial charge in [-0.2, -0.15) is 0 Å². The largest absolute Gasteiger partial charge is 0.477 e. The first kappa shape index (κ1) is 12.4. The highest BCUT2D eigenvalue weighted by atomic mass is 16.4. The van der Waals surface area contributed by atoms with Crippen molar-refractivity contribution in [1.82, 2.24) is 4.57 Å². The molecule has 0 aromatic carbocycles. The molecule has 0 aliphatic heterocycles. The third-order valence-electron chi connectivity index (χ3n) is 2.22. The molecule has 1 aromatic heterocycles. The Balaban J connectivity index is 2.95. The zero-order valence-corrected chi connectivity index (χ0v) is 9.30. The Morgan fingerprint density at radius 3 is 2.62 bits per heavy atom. The van der Waals surface area contributed by atoms with Crippen LogP contribution in [0.5, 0.6) is 0 Å². The Labute approximate surface area is 93.0 Å². The van der Waals surface area contributed by atoms with E-state index in [1.54, 1.807) is 13.8 Å². The van der Waals surface area contributed by atoms with Crippen LogP contribution in [0, 0.1) is 0 Å². The number of aromatic carboxylic acids is 1. The van der Waals surface area contributed by atoms with Gasteiger partial charge in [0.15, 0.2) is 0 Å². The summed E-state index contributed by atoms with van der Waals surface area (Å²) in [7, 11) is 0. The van der Waals surface area contributed by atoms with Crippen LogP contribution in [0.4, 0.5) is 0 Å². The quantitative estimate of drug-likeness (QED) is 0.790. The minimum Gasteiger partial charge on any atom is -0.477 e. The molecule has 88 valence electrons. The van der Waals surface area contributed by atoms with Crippen molar-refractivity contribution >= 4 is 5.97 Å². The number of aryl methyl sites for hydroxylation is 1. The van der Waals surface area contributed by atoms with Crippen molar-refractivity contribution in [3.8, 4) is 0 Å². The molecule has 1 aromatic rings. The number of rotatable bonds is 4. The summed E-state index contributed by atoms with van der Waals surface area (Å²) in [6.45, 7) is 3.57. The zero-order valence-electron chi connectivity index (χ0n) is 9.30. The Kier molecular flexibility index (Phi) is 3.49. The number of hydrogen-bond donors (Lipinski definition) is 2. The van der Waals surface area contributed by atoms with E-state index in [0.717, 1.165) is 0 Å². The van der Waals surface area contributed by atoms with Gasteiger partial charge in [-0.15, -0.1) is 0 Å². The van der Waals surface area contributed by atoms with Gasteiger partial charge in [0.05, 0.1) is 5.60 Å². The van der Waals surface area contributed by atoms with Crippen molar-refractivity contribution in [1.29, 1.82) is 0 Å². The molecule has 0 aliphatic rings. The molecule has 16 heavy (non-hydrogen) atoms. The highest BCUT2D eigenvalue weighted by Crippen LogP contribution is 2.08. The second-order valence-electron chi connectivity index (χ2n) is 4.29. The van der Waals surface area contributed by atoms with Crippen molar-refractivity contribution in [2.75, 3.05) is 0 Å². The molecule has 2 N–H and O–H groups in total. The van der Waals surface area contributed by atoms with Crippen molar-refractivity contribution < 1.29 is 15.0 Å². The van der Waals surface area contributed by atoms with Gasteiger partial charge in [0.1, 0.15) is 5.56 Å². The lowest BCUT2D eigenvalue weighted by molar-refractivity contribution is 0.0658. The summed E-state index contributed by atoms with van der Waals surface area (Å²) in [5, 5.41) is 18.3. The fourth-order valence-corrected chi connectivity index (χ4v) is 1.27. The summed E-state index contributed by atoms with van der Waals surface area (Å²) < 4.78 is 1.29. The predicted molar refractivity (Wildman–Crippen MR) is 58.6 cm³/mol. The topological polar surface area (TPSA) is 79.5 Å². The lowest BCUT2D eigenvalue weighted by Crippen LogP contribution is -2.29. The second-order valence-corrected chi connectivity index (χ2v) is 4.29. The zero-order chi connectivity index (χ0) is 12.3. The van der Waals surface area contributed by atoms with E-state index in [-0.39, 0.29) is 5.56 Å². The first-order chi connectivity index (χ1) is 7.31. The molecular formula is C11H15NO4. The summed E-state index contributed by atoms with van der Waals surface area (Å²) in [5.41, 5.74) is -1.67. The van der Waals surface area contributed by atoms with Crippen molar-refractivity contribution in [2.45, 2.75) is 32.4 Å². The van der Waals surface area contributed by atoms with Crippen LogP contribution < -0.4 is 5.56 Å². The molecule has 0 atom stereocenters. The molecule has 1 heterocycles. The fraction of sp³-hybridized carbons (Fsp3) is 0.455. The van der Waals surface area contributed by atoms with E-state index in [0.29, 0.717) is 13.0 Å². The van der Waals surface area contributed by atoms with Gasteiger partial charge in [-0.25, -0.2) is 4.79 Å². The Morgan fingerprint density at radius 2 is 2.12 bits per heavy atom. The van der Waals surface area contributed by atoms with Crippen LogP contribution in [0.25, 0.3) is 0 Å². The van der Waals surface area contributed by atoms with Gasteiger partial charge in [0.25, 0.3) is 5.56 Å². The molecular weight excluding hydrogens is 210 g/mol. The number of aromatic nitrogens is 1. The smallest absolute Gasteiger partial charge is 0.341 e. The molecule has 0 radical (unpaired) electrons. The number of aliphatic hydroxyl groups is 1. The summed E-state index contributed by atoms with van der Waals surface area (Å²) in [6.07, 6.45) is 1.90. The van der Waals surface area contributed by atoms with E-state index < -0.39 is 17.1 Å². The van der Waals surface area contributed by atoms with E-state index in [4.69, 9.17) is 5.11 Å². The van der Waals surface area contributed by atoms with E-state index in [1.165, 1.54) is 22.9 Å². The van der Waals surface area contributed by atoms with Crippen LogP contribution in [-0.2, 0) is 6.54 Å². The van der Waals surface area contributed by atoms with E-state index >= 15 is 0 Å². The van der Waals surface area contributed by atoms with E-state index in [9.17, 15) is 14.7 Å². The molecule has 5 heteroatoms. The van der Waals surface area contributed by atoms with Crippen LogP contribution in [0.1, 0.15) is 30.6 Å². The molecule has 1 rings (SSSR count). The number of carbonyl (C=O) groups is 1. The number of carboxylic acids is 1. The Hall–Kier alpha value is -1.62. The molecule has 0 saturated carbocycles. The molecule has 0 amide bonds. The number of hydrogen-bond acceptors (Lipinski definition) is 3. The lowest BCUT2D eigenvalue weighted by Gasteiger charge is -2.17. The van der Waals surface area contributed by atoms with Gasteiger partial charge in [-0.05, 0) is 32.4 Å². The maximum absolute atomic E-state index is 11.6. The van der Waals surface area contributed by atoms with Crippen molar-refractivity contribution in [2.24, 2.45) is 0 Å². The SMILES string of the molecule is CC(C)(O)CCn1cccc(C(=O)O)c1=O. The summed E-state index contributed by atoms with van der Waals surface area (Å²) in [6, 6.07) is 2.78. The molecule has 0 spiro atoms. The highest BCUT2D eigenvalue weighted by molar-refractivity contribution is 5.86. The molecule has 0 unspecified atom stereocenters. The summed E-state index contributed by atoms with van der Waals surface area (Å²) >= 11 is 0. The normalized spacial score (nSPS) is 11.4. The minimum absolute atomic E-state index is 0.252. The van der Waals surface area contributed by atoms with Gasteiger partial charge in [-0.1, -0.05) is 0 Å². The number of nitrogens with zero attached hydrogens (tertiary/aromatic N) is 1. The van der Waals surface area contributed by atoms with Gasteiger partial charge < -0.3 is 14.8 Å².